The van der Waals surface area contributed by atoms with Crippen molar-refractivity contribution < 1.29 is 47.5 Å². The number of fused-ring (bicyclic) bond motifs is 1. The predicted molar refractivity (Wildman–Crippen MR) is 111 cm³/mol. The first-order valence-corrected chi connectivity index (χ1v) is 10.8. The smallest absolute Gasteiger partial charge is 0.368 e. The molecule has 0 spiro atoms. The predicted octanol–water partition coefficient (Wildman–Crippen LogP) is 1.32. The van der Waals surface area contributed by atoms with Gasteiger partial charge < -0.3 is 14.2 Å². The Kier molecular flexibility index (Phi) is 7.70. The Morgan fingerprint density at radius 3 is 1.82 bits per heavy atom. The van der Waals surface area contributed by atoms with Gasteiger partial charge in [-0.3, -0.25) is 0 Å². The maximum atomic E-state index is 8.49. The lowest BCUT2D eigenvalue weighted by Gasteiger charge is -2.17. The highest BCUT2D eigenvalue weighted by Gasteiger charge is 2.25. The molecule has 4 aromatic rings. The number of halogens is 1. The molecule has 0 aliphatic rings. The summed E-state index contributed by atoms with van der Waals surface area (Å²) < 4.78 is 56.4. The van der Waals surface area contributed by atoms with Gasteiger partial charge in [0.1, 0.15) is 5.75 Å². The number of rotatable bonds is 5. The van der Waals surface area contributed by atoms with Crippen LogP contribution < -0.4 is 32.8 Å². The third-order valence-corrected chi connectivity index (χ3v) is 4.77. The Balaban J connectivity index is 0.000000555. The molecule has 0 fully saturated rings. The van der Waals surface area contributed by atoms with Gasteiger partial charge in [-0.05, 0) is 35.9 Å². The van der Waals surface area contributed by atoms with Crippen molar-refractivity contribution in [1.29, 1.82) is 0 Å². The van der Waals surface area contributed by atoms with Crippen LogP contribution in [0, 0.1) is 10.2 Å². The van der Waals surface area contributed by atoms with E-state index >= 15 is 0 Å². The second-order valence-corrected chi connectivity index (χ2v) is 7.46. The normalized spacial score (nSPS) is 10.9. The van der Waals surface area contributed by atoms with Gasteiger partial charge in [-0.15, -0.1) is 10.2 Å². The lowest BCUT2D eigenvalue weighted by molar-refractivity contribution is -2.00. The summed E-state index contributed by atoms with van der Waals surface area (Å²) in [5, 5.41) is 1.97. The van der Waals surface area contributed by atoms with Crippen molar-refractivity contribution >= 4 is 10.8 Å². The Morgan fingerprint density at radius 1 is 0.697 bits per heavy atom. The Hall–Kier alpha value is -3.40. The summed E-state index contributed by atoms with van der Waals surface area (Å²) in [6.07, 6.45) is 1.75. The minimum Gasteiger partial charge on any atom is -0.497 e. The van der Waals surface area contributed by atoms with Crippen molar-refractivity contribution in [2.24, 2.45) is 0 Å². The summed E-state index contributed by atoms with van der Waals surface area (Å²) in [6, 6.07) is 22.0. The number of ether oxygens (including phenoxy) is 3. The zero-order chi connectivity index (χ0) is 24.0. The molecular weight excluding hydrogens is 452 g/mol. The van der Waals surface area contributed by atoms with E-state index in [1.807, 2.05) is 54.6 Å². The monoisotopic (exact) mass is 472 g/mol. The van der Waals surface area contributed by atoms with Gasteiger partial charge >= 0.3 is 12.0 Å². The maximum Gasteiger partial charge on any atom is 0.368 e. The molecule has 33 heavy (non-hydrogen) atoms. The van der Waals surface area contributed by atoms with Crippen LogP contribution in [0.4, 0.5) is 0 Å². The summed E-state index contributed by atoms with van der Waals surface area (Å²) in [5.74, 6) is 2.94. The van der Waals surface area contributed by atoms with Crippen LogP contribution in [0.2, 0.25) is 0 Å². The molecule has 0 aliphatic carbocycles. The molecule has 172 valence electrons. The van der Waals surface area contributed by atoms with Crippen LogP contribution in [0.3, 0.4) is 0 Å². The largest absolute Gasteiger partial charge is 0.497 e. The van der Waals surface area contributed by atoms with Gasteiger partial charge in [0.25, 0.3) is 0 Å². The molecule has 0 saturated carbocycles. The summed E-state index contributed by atoms with van der Waals surface area (Å²) in [4.78, 5) is 0. The highest BCUT2D eigenvalue weighted by atomic mass is 35.7. The molecular formula is C24H21ClO8. The summed E-state index contributed by atoms with van der Waals surface area (Å²) >= 11 is 0. The Bertz CT molecular complexity index is 1200. The fraction of sp³-hybridized carbons (Fsp3) is 0.125. The summed E-state index contributed by atoms with van der Waals surface area (Å²) in [6.45, 7) is 0. The lowest BCUT2D eigenvalue weighted by Crippen LogP contribution is -2.68. The SMILES string of the molecule is COc1ccc(-c2[o+]cc3cc(OC)c(OC)cc3c2-c2ccccc2)cc1.[O-][Cl+3]([O-])([O-])[O-]. The maximum absolute atomic E-state index is 8.49. The molecule has 8 nitrogen and oxygen atoms in total. The number of methoxy groups -OCH3 is 3. The molecule has 0 aliphatic heterocycles. The van der Waals surface area contributed by atoms with Gasteiger partial charge in [-0.2, -0.15) is 0 Å². The van der Waals surface area contributed by atoms with E-state index in [9.17, 15) is 0 Å². The zero-order valence-electron chi connectivity index (χ0n) is 18.1. The highest BCUT2D eigenvalue weighted by molar-refractivity contribution is 6.02. The topological polar surface area (TPSA) is 131 Å². The second kappa shape index (κ2) is 10.5. The Labute approximate surface area is 192 Å². The molecule has 4 rings (SSSR count). The lowest BCUT2D eigenvalue weighted by atomic mass is 9.95. The van der Waals surface area contributed by atoms with Crippen molar-refractivity contribution in [2.75, 3.05) is 21.3 Å². The van der Waals surface area contributed by atoms with Crippen LogP contribution >= 0.6 is 0 Å². The standard InChI is InChI=1S/C24H21O4.ClHO4/c1-25-19-11-9-17(10-12-19)24-23(16-7-5-4-6-8-16)20-14-22(27-3)21(26-2)13-18(20)15-28-24;2-1(3,4)5/h4-15H,1-3H3;(H,2,3,4,5)/q+1;/p-1. The van der Waals surface area contributed by atoms with Crippen molar-refractivity contribution in [2.45, 2.75) is 0 Å². The van der Waals surface area contributed by atoms with Gasteiger partial charge in [-0.25, -0.2) is 23.1 Å². The summed E-state index contributed by atoms with van der Waals surface area (Å²) in [5.41, 5.74) is 3.04. The van der Waals surface area contributed by atoms with Gasteiger partial charge in [0.2, 0.25) is 0 Å². The Morgan fingerprint density at radius 2 is 1.27 bits per heavy atom. The van der Waals surface area contributed by atoms with Crippen molar-refractivity contribution in [3.05, 3.63) is 73.0 Å². The first-order chi connectivity index (χ1) is 15.7. The molecule has 0 N–H and O–H groups in total. The van der Waals surface area contributed by atoms with Crippen molar-refractivity contribution in [3.63, 3.8) is 0 Å². The molecule has 0 saturated heterocycles. The molecule has 1 aromatic heterocycles. The number of hydrogen-bond acceptors (Lipinski definition) is 7. The highest BCUT2D eigenvalue weighted by Crippen LogP contribution is 2.42. The molecule has 0 unspecified atom stereocenters. The van der Waals surface area contributed by atoms with Gasteiger partial charge in [0, 0.05) is 11.5 Å². The molecule has 0 amide bonds. The van der Waals surface area contributed by atoms with Gasteiger partial charge in [0.05, 0.1) is 37.8 Å². The number of benzene rings is 3. The molecule has 0 radical (unpaired) electrons. The number of hydrogen-bond donors (Lipinski definition) is 0. The van der Waals surface area contributed by atoms with E-state index in [2.05, 4.69) is 12.1 Å². The fourth-order valence-corrected chi connectivity index (χ4v) is 3.36. The third-order valence-electron chi connectivity index (χ3n) is 4.77. The quantitative estimate of drug-likeness (QED) is 0.397. The third kappa shape index (κ3) is 6.10. The minimum absolute atomic E-state index is 0.668. The van der Waals surface area contributed by atoms with E-state index in [1.54, 1.807) is 27.6 Å². The van der Waals surface area contributed by atoms with Crippen LogP contribution in [-0.4, -0.2) is 21.3 Å². The minimum atomic E-state index is -4.94. The van der Waals surface area contributed by atoms with E-state index in [-0.39, 0.29) is 0 Å². The molecule has 0 atom stereocenters. The van der Waals surface area contributed by atoms with Crippen molar-refractivity contribution in [3.8, 4) is 39.7 Å². The van der Waals surface area contributed by atoms with Crippen LogP contribution in [0.25, 0.3) is 33.2 Å². The molecule has 0 bridgehead atoms. The molecule has 1 heterocycles. The average molecular weight is 473 g/mol. The zero-order valence-corrected chi connectivity index (χ0v) is 18.8. The van der Waals surface area contributed by atoms with Crippen LogP contribution in [0.15, 0.2) is 77.4 Å². The second-order valence-electron chi connectivity index (χ2n) is 6.71. The van der Waals surface area contributed by atoms with E-state index in [4.69, 9.17) is 37.3 Å². The van der Waals surface area contributed by atoms with Crippen molar-refractivity contribution in [1.82, 2.24) is 0 Å². The van der Waals surface area contributed by atoms with E-state index in [0.29, 0.717) is 11.5 Å². The van der Waals surface area contributed by atoms with Gasteiger partial charge in [-0.1, -0.05) is 30.3 Å². The van der Waals surface area contributed by atoms with E-state index in [0.717, 1.165) is 39.0 Å². The van der Waals surface area contributed by atoms with E-state index in [1.165, 1.54) is 0 Å². The first-order valence-electron chi connectivity index (χ1n) is 9.57. The van der Waals surface area contributed by atoms with Crippen LogP contribution in [0.1, 0.15) is 0 Å². The van der Waals surface area contributed by atoms with Crippen LogP contribution in [0.5, 0.6) is 17.2 Å². The van der Waals surface area contributed by atoms with Crippen LogP contribution in [-0.2, 0) is 0 Å². The van der Waals surface area contributed by atoms with Gasteiger partial charge in [0.15, 0.2) is 11.5 Å². The summed E-state index contributed by atoms with van der Waals surface area (Å²) in [7, 11) is -0.0152. The average Bonchev–Trinajstić information content (AvgIpc) is 2.82. The van der Waals surface area contributed by atoms with E-state index < -0.39 is 10.2 Å². The molecule has 9 heteroatoms. The first kappa shape index (κ1) is 24.2. The fourth-order valence-electron chi connectivity index (χ4n) is 3.36. The molecule has 3 aromatic carbocycles.